The molecule has 1 aromatic rings. The largest absolute Gasteiger partial charge is 0.508 e. The van der Waals surface area contributed by atoms with Crippen LogP contribution in [-0.4, -0.2) is 10.2 Å². The average molecular weight is 208 g/mol. The Balaban J connectivity index is 3.27. The number of hydrogen-bond acceptors (Lipinski definition) is 2. The van der Waals surface area contributed by atoms with E-state index in [0.29, 0.717) is 5.75 Å². The van der Waals surface area contributed by atoms with Gasteiger partial charge in [-0.15, -0.1) is 0 Å². The van der Waals surface area contributed by atoms with E-state index in [1.54, 1.807) is 12.1 Å². The number of hydrogen-bond donors (Lipinski definition) is 2. The summed E-state index contributed by atoms with van der Waals surface area (Å²) in [6.45, 7) is 6.36. The summed E-state index contributed by atoms with van der Waals surface area (Å²) in [4.78, 5) is 0. The van der Waals surface area contributed by atoms with Gasteiger partial charge in [-0.3, -0.25) is 0 Å². The number of benzene rings is 1. The number of aromatic hydroxyl groups is 2. The smallest absolute Gasteiger partial charge is 0.119 e. The first-order chi connectivity index (χ1) is 7.09. The molecule has 0 saturated heterocycles. The third kappa shape index (κ3) is 2.09. The highest BCUT2D eigenvalue weighted by molar-refractivity contribution is 5.43. The minimum Gasteiger partial charge on any atom is -0.508 e. The van der Waals surface area contributed by atoms with Gasteiger partial charge in [0.1, 0.15) is 11.5 Å². The van der Waals surface area contributed by atoms with Crippen molar-refractivity contribution in [2.24, 2.45) is 0 Å². The van der Waals surface area contributed by atoms with Gasteiger partial charge in [-0.2, -0.15) is 0 Å². The first-order valence-electron chi connectivity index (χ1n) is 5.62. The second-order valence-electron chi connectivity index (χ2n) is 4.04. The van der Waals surface area contributed by atoms with E-state index in [0.717, 1.165) is 24.8 Å². The van der Waals surface area contributed by atoms with Crippen molar-refractivity contribution in [3.8, 4) is 11.5 Å². The molecule has 0 heterocycles. The summed E-state index contributed by atoms with van der Waals surface area (Å²) in [5.41, 5.74) is 0.859. The lowest BCUT2D eigenvalue weighted by atomic mass is 9.73. The first-order valence-corrected chi connectivity index (χ1v) is 5.62. The van der Waals surface area contributed by atoms with Gasteiger partial charge in [-0.05, 0) is 42.9 Å². The highest BCUT2D eigenvalue weighted by Crippen LogP contribution is 2.41. The number of phenols is 2. The van der Waals surface area contributed by atoms with Crippen molar-refractivity contribution in [3.05, 3.63) is 23.8 Å². The quantitative estimate of drug-likeness (QED) is 0.743. The van der Waals surface area contributed by atoms with Crippen molar-refractivity contribution in [1.82, 2.24) is 0 Å². The predicted molar refractivity (Wildman–Crippen MR) is 62.3 cm³/mol. The van der Waals surface area contributed by atoms with Gasteiger partial charge in [0.05, 0.1) is 0 Å². The molecule has 2 N–H and O–H groups in total. The second kappa shape index (κ2) is 4.56. The van der Waals surface area contributed by atoms with E-state index in [1.807, 2.05) is 0 Å². The van der Waals surface area contributed by atoms with Gasteiger partial charge in [-0.25, -0.2) is 0 Å². The van der Waals surface area contributed by atoms with Crippen LogP contribution in [0.2, 0.25) is 0 Å². The molecular weight excluding hydrogens is 188 g/mol. The van der Waals surface area contributed by atoms with Crippen LogP contribution in [0.3, 0.4) is 0 Å². The molecule has 0 aliphatic carbocycles. The fourth-order valence-electron chi connectivity index (χ4n) is 2.27. The summed E-state index contributed by atoms with van der Waals surface area (Å²) in [7, 11) is 0. The molecular formula is C13H20O2. The molecule has 1 rings (SSSR count). The third-order valence-corrected chi connectivity index (χ3v) is 3.58. The van der Waals surface area contributed by atoms with Crippen LogP contribution >= 0.6 is 0 Å². The zero-order valence-corrected chi connectivity index (χ0v) is 9.75. The van der Waals surface area contributed by atoms with E-state index >= 15 is 0 Å². The maximum atomic E-state index is 9.85. The molecule has 0 saturated carbocycles. The van der Waals surface area contributed by atoms with Gasteiger partial charge < -0.3 is 10.2 Å². The lowest BCUT2D eigenvalue weighted by Crippen LogP contribution is -2.23. The Bertz CT molecular complexity index is 319. The maximum Gasteiger partial charge on any atom is 0.119 e. The standard InChI is InChI=1S/C13H20O2/c1-4-13(5-2,6-3)11-9-10(14)7-8-12(11)15/h7-9,14-15H,4-6H2,1-3H3. The SMILES string of the molecule is CCC(CC)(CC)c1cc(O)ccc1O. The monoisotopic (exact) mass is 208 g/mol. The lowest BCUT2D eigenvalue weighted by molar-refractivity contribution is 0.355. The minimum absolute atomic E-state index is 0.0111. The Hall–Kier alpha value is -1.18. The number of rotatable bonds is 4. The zero-order valence-electron chi connectivity index (χ0n) is 9.75. The normalized spacial score (nSPS) is 11.7. The maximum absolute atomic E-state index is 9.85. The van der Waals surface area contributed by atoms with Crippen LogP contribution < -0.4 is 0 Å². The van der Waals surface area contributed by atoms with Crippen molar-refractivity contribution >= 4 is 0 Å². The Morgan fingerprint density at radius 1 is 1.00 bits per heavy atom. The van der Waals surface area contributed by atoms with Gasteiger partial charge in [0.15, 0.2) is 0 Å². The Morgan fingerprint density at radius 2 is 1.53 bits per heavy atom. The number of phenolic OH excluding ortho intramolecular Hbond substituents is 2. The molecule has 0 aliphatic rings. The average Bonchev–Trinajstić information content (AvgIpc) is 2.26. The molecule has 15 heavy (non-hydrogen) atoms. The van der Waals surface area contributed by atoms with Gasteiger partial charge in [0.25, 0.3) is 0 Å². The fourth-order valence-corrected chi connectivity index (χ4v) is 2.27. The topological polar surface area (TPSA) is 40.5 Å². The second-order valence-corrected chi connectivity index (χ2v) is 4.04. The molecule has 2 nitrogen and oxygen atoms in total. The van der Waals surface area contributed by atoms with Gasteiger partial charge in [0, 0.05) is 5.56 Å². The highest BCUT2D eigenvalue weighted by atomic mass is 16.3. The zero-order chi connectivity index (χ0) is 11.5. The summed E-state index contributed by atoms with van der Waals surface area (Å²) < 4.78 is 0. The van der Waals surface area contributed by atoms with Gasteiger partial charge in [-0.1, -0.05) is 20.8 Å². The third-order valence-electron chi connectivity index (χ3n) is 3.58. The van der Waals surface area contributed by atoms with Crippen LogP contribution in [0.15, 0.2) is 18.2 Å². The molecule has 0 spiro atoms. The van der Waals surface area contributed by atoms with Crippen LogP contribution in [0.25, 0.3) is 0 Å². The Kier molecular flexibility index (Phi) is 3.61. The molecule has 1 aromatic carbocycles. The summed E-state index contributed by atoms with van der Waals surface area (Å²) in [5, 5.41) is 19.3. The molecule has 0 aliphatic heterocycles. The molecule has 0 atom stereocenters. The van der Waals surface area contributed by atoms with Crippen molar-refractivity contribution in [2.45, 2.75) is 45.4 Å². The Morgan fingerprint density at radius 3 is 2.00 bits per heavy atom. The van der Waals surface area contributed by atoms with Crippen LogP contribution in [-0.2, 0) is 5.41 Å². The summed E-state index contributed by atoms with van der Waals surface area (Å²) in [5.74, 6) is 0.515. The predicted octanol–water partition coefficient (Wildman–Crippen LogP) is 3.57. The molecule has 0 unspecified atom stereocenters. The highest BCUT2D eigenvalue weighted by Gasteiger charge is 2.29. The minimum atomic E-state index is -0.0111. The molecule has 2 heteroatoms. The lowest BCUT2D eigenvalue weighted by Gasteiger charge is -2.31. The molecule has 84 valence electrons. The van der Waals surface area contributed by atoms with Crippen molar-refractivity contribution < 1.29 is 10.2 Å². The molecule has 0 radical (unpaired) electrons. The van der Waals surface area contributed by atoms with Crippen molar-refractivity contribution in [1.29, 1.82) is 0 Å². The van der Waals surface area contributed by atoms with E-state index in [-0.39, 0.29) is 11.2 Å². The van der Waals surface area contributed by atoms with E-state index in [1.165, 1.54) is 6.07 Å². The van der Waals surface area contributed by atoms with E-state index in [4.69, 9.17) is 0 Å². The Labute approximate surface area is 91.6 Å². The summed E-state index contributed by atoms with van der Waals surface area (Å²) >= 11 is 0. The van der Waals surface area contributed by atoms with Crippen LogP contribution in [0.1, 0.15) is 45.6 Å². The molecule has 0 bridgehead atoms. The summed E-state index contributed by atoms with van der Waals surface area (Å²) in [6, 6.07) is 4.77. The van der Waals surface area contributed by atoms with E-state index < -0.39 is 0 Å². The van der Waals surface area contributed by atoms with Gasteiger partial charge in [0.2, 0.25) is 0 Å². The fraction of sp³-hybridized carbons (Fsp3) is 0.538. The molecule has 0 amide bonds. The van der Waals surface area contributed by atoms with Crippen LogP contribution in [0.5, 0.6) is 11.5 Å². The molecule has 0 aromatic heterocycles. The molecule has 0 fully saturated rings. The van der Waals surface area contributed by atoms with E-state index in [9.17, 15) is 10.2 Å². The van der Waals surface area contributed by atoms with Gasteiger partial charge >= 0.3 is 0 Å². The van der Waals surface area contributed by atoms with Crippen molar-refractivity contribution in [2.75, 3.05) is 0 Å². The summed E-state index contributed by atoms with van der Waals surface area (Å²) in [6.07, 6.45) is 2.91. The van der Waals surface area contributed by atoms with Crippen LogP contribution in [0.4, 0.5) is 0 Å². The first kappa shape index (κ1) is 11.9. The van der Waals surface area contributed by atoms with Crippen molar-refractivity contribution in [3.63, 3.8) is 0 Å². The van der Waals surface area contributed by atoms with E-state index in [2.05, 4.69) is 20.8 Å². The van der Waals surface area contributed by atoms with Crippen LogP contribution in [0, 0.1) is 0 Å².